The third kappa shape index (κ3) is 3.68. The maximum atomic E-state index is 5.62. The molecule has 1 aliphatic rings. The van der Waals surface area contributed by atoms with E-state index in [1.54, 1.807) is 0 Å². The molecule has 1 aromatic heterocycles. The zero-order chi connectivity index (χ0) is 10.7. The van der Waals surface area contributed by atoms with Crippen LogP contribution >= 0.6 is 0 Å². The first-order chi connectivity index (χ1) is 7.24. The molecule has 1 N–H and O–H groups in total. The van der Waals surface area contributed by atoms with Crippen molar-refractivity contribution < 1.29 is 9.15 Å². The van der Waals surface area contributed by atoms with Crippen LogP contribution in [0, 0.1) is 0 Å². The molecule has 1 saturated carbocycles. The minimum Gasteiger partial charge on any atom is -0.462 e. The summed E-state index contributed by atoms with van der Waals surface area (Å²) < 4.78 is 11.1. The Morgan fingerprint density at radius 3 is 2.80 bits per heavy atom. The minimum atomic E-state index is 0.253. The molecule has 0 saturated heterocycles. The van der Waals surface area contributed by atoms with E-state index in [0.29, 0.717) is 6.61 Å². The first-order valence-electron chi connectivity index (χ1n) is 5.66. The van der Waals surface area contributed by atoms with Gasteiger partial charge in [0.05, 0.1) is 12.6 Å². The van der Waals surface area contributed by atoms with Gasteiger partial charge >= 0.3 is 0 Å². The van der Waals surface area contributed by atoms with Gasteiger partial charge < -0.3 is 14.5 Å². The average molecular weight is 209 g/mol. The van der Waals surface area contributed by atoms with Crippen LogP contribution in [-0.4, -0.2) is 12.1 Å². The number of hydrogen-bond donors (Lipinski definition) is 1. The SMILES string of the molecule is CC(C)OCc1ccc(CNC2CC2)o1. The number of nitrogens with one attached hydrogen (secondary N) is 1. The van der Waals surface area contributed by atoms with Crippen molar-refractivity contribution in [3.63, 3.8) is 0 Å². The van der Waals surface area contributed by atoms with E-state index in [0.717, 1.165) is 24.1 Å². The molecular formula is C12H19NO2. The van der Waals surface area contributed by atoms with E-state index in [2.05, 4.69) is 5.32 Å². The van der Waals surface area contributed by atoms with Crippen LogP contribution in [0.25, 0.3) is 0 Å². The summed E-state index contributed by atoms with van der Waals surface area (Å²) in [6.07, 6.45) is 2.87. The van der Waals surface area contributed by atoms with Crippen LogP contribution in [0.15, 0.2) is 16.5 Å². The van der Waals surface area contributed by atoms with Crippen LogP contribution < -0.4 is 5.32 Å². The Hall–Kier alpha value is -0.800. The van der Waals surface area contributed by atoms with Crippen LogP contribution in [0.4, 0.5) is 0 Å². The topological polar surface area (TPSA) is 34.4 Å². The van der Waals surface area contributed by atoms with E-state index in [1.165, 1.54) is 12.8 Å². The van der Waals surface area contributed by atoms with E-state index in [1.807, 2.05) is 26.0 Å². The van der Waals surface area contributed by atoms with Gasteiger partial charge in [0.25, 0.3) is 0 Å². The highest BCUT2D eigenvalue weighted by Crippen LogP contribution is 2.19. The second-order valence-electron chi connectivity index (χ2n) is 4.38. The summed E-state index contributed by atoms with van der Waals surface area (Å²) in [5.74, 6) is 1.92. The molecule has 0 aromatic carbocycles. The van der Waals surface area contributed by atoms with Gasteiger partial charge in [-0.05, 0) is 38.8 Å². The molecule has 0 unspecified atom stereocenters. The second-order valence-corrected chi connectivity index (χ2v) is 4.38. The van der Waals surface area contributed by atoms with Crippen LogP contribution in [0.3, 0.4) is 0 Å². The largest absolute Gasteiger partial charge is 0.462 e. The third-order valence-electron chi connectivity index (χ3n) is 2.42. The van der Waals surface area contributed by atoms with Gasteiger partial charge in [-0.15, -0.1) is 0 Å². The van der Waals surface area contributed by atoms with E-state index in [-0.39, 0.29) is 6.10 Å². The molecular weight excluding hydrogens is 190 g/mol. The minimum absolute atomic E-state index is 0.253. The van der Waals surface area contributed by atoms with E-state index >= 15 is 0 Å². The lowest BCUT2D eigenvalue weighted by molar-refractivity contribution is 0.0538. The molecule has 0 spiro atoms. The molecule has 0 bridgehead atoms. The Bertz CT molecular complexity index is 282. The van der Waals surface area contributed by atoms with E-state index in [9.17, 15) is 0 Å². The van der Waals surface area contributed by atoms with Gasteiger partial charge in [0.2, 0.25) is 0 Å². The van der Waals surface area contributed by atoms with E-state index in [4.69, 9.17) is 9.15 Å². The Balaban J connectivity index is 1.75. The van der Waals surface area contributed by atoms with Gasteiger partial charge in [0.1, 0.15) is 18.1 Å². The van der Waals surface area contributed by atoms with Gasteiger partial charge in [-0.1, -0.05) is 0 Å². The summed E-state index contributed by atoms with van der Waals surface area (Å²) in [4.78, 5) is 0. The van der Waals surface area contributed by atoms with Gasteiger partial charge in [-0.2, -0.15) is 0 Å². The molecule has 1 heterocycles. The van der Waals surface area contributed by atoms with Crippen molar-refractivity contribution >= 4 is 0 Å². The molecule has 0 radical (unpaired) electrons. The molecule has 0 amide bonds. The Kier molecular flexibility index (Phi) is 3.44. The van der Waals surface area contributed by atoms with Gasteiger partial charge in [0, 0.05) is 6.04 Å². The molecule has 3 nitrogen and oxygen atoms in total. The Morgan fingerprint density at radius 1 is 1.40 bits per heavy atom. The summed E-state index contributed by atoms with van der Waals surface area (Å²) >= 11 is 0. The summed E-state index contributed by atoms with van der Waals surface area (Å²) in [6, 6.07) is 4.74. The lowest BCUT2D eigenvalue weighted by Gasteiger charge is -2.04. The fourth-order valence-electron chi connectivity index (χ4n) is 1.38. The molecule has 2 rings (SSSR count). The molecule has 1 aliphatic carbocycles. The number of ether oxygens (including phenoxy) is 1. The Labute approximate surface area is 90.8 Å². The second kappa shape index (κ2) is 4.81. The normalized spacial score (nSPS) is 16.2. The maximum Gasteiger partial charge on any atom is 0.129 e. The highest BCUT2D eigenvalue weighted by Gasteiger charge is 2.20. The first kappa shape index (κ1) is 10.7. The molecule has 1 aromatic rings. The van der Waals surface area contributed by atoms with Crippen molar-refractivity contribution in [2.24, 2.45) is 0 Å². The lowest BCUT2D eigenvalue weighted by Crippen LogP contribution is -2.14. The van der Waals surface area contributed by atoms with Gasteiger partial charge in [0.15, 0.2) is 0 Å². The number of hydrogen-bond acceptors (Lipinski definition) is 3. The number of furan rings is 1. The van der Waals surface area contributed by atoms with Crippen molar-refractivity contribution in [3.05, 3.63) is 23.7 Å². The standard InChI is InChI=1S/C12H19NO2/c1-9(2)14-8-12-6-5-11(15-12)7-13-10-3-4-10/h5-6,9-10,13H,3-4,7-8H2,1-2H3. The fourth-order valence-corrected chi connectivity index (χ4v) is 1.38. The van der Waals surface area contributed by atoms with Gasteiger partial charge in [-0.3, -0.25) is 0 Å². The zero-order valence-electron chi connectivity index (χ0n) is 9.45. The van der Waals surface area contributed by atoms with Crippen LogP contribution in [0.2, 0.25) is 0 Å². The van der Waals surface area contributed by atoms with Crippen LogP contribution in [0.1, 0.15) is 38.2 Å². The first-order valence-corrected chi connectivity index (χ1v) is 5.66. The van der Waals surface area contributed by atoms with Crippen LogP contribution in [0.5, 0.6) is 0 Å². The van der Waals surface area contributed by atoms with Crippen LogP contribution in [-0.2, 0) is 17.9 Å². The lowest BCUT2D eigenvalue weighted by atomic mass is 10.4. The summed E-state index contributed by atoms with van der Waals surface area (Å²) in [5.41, 5.74) is 0. The summed E-state index contributed by atoms with van der Waals surface area (Å²) in [6.45, 7) is 5.46. The van der Waals surface area contributed by atoms with Crippen molar-refractivity contribution in [2.45, 2.75) is 52.0 Å². The highest BCUT2D eigenvalue weighted by atomic mass is 16.5. The fraction of sp³-hybridized carbons (Fsp3) is 0.667. The molecule has 84 valence electrons. The van der Waals surface area contributed by atoms with Crippen molar-refractivity contribution in [1.82, 2.24) is 5.32 Å². The molecule has 15 heavy (non-hydrogen) atoms. The average Bonchev–Trinajstić information content (AvgIpc) is 2.92. The predicted molar refractivity (Wildman–Crippen MR) is 58.5 cm³/mol. The number of rotatable bonds is 6. The van der Waals surface area contributed by atoms with Crippen molar-refractivity contribution in [1.29, 1.82) is 0 Å². The molecule has 0 aliphatic heterocycles. The Morgan fingerprint density at radius 2 is 2.13 bits per heavy atom. The maximum absolute atomic E-state index is 5.62. The van der Waals surface area contributed by atoms with Crippen molar-refractivity contribution in [2.75, 3.05) is 0 Å². The highest BCUT2D eigenvalue weighted by molar-refractivity contribution is 5.06. The monoisotopic (exact) mass is 209 g/mol. The molecule has 0 atom stereocenters. The van der Waals surface area contributed by atoms with E-state index < -0.39 is 0 Å². The van der Waals surface area contributed by atoms with Gasteiger partial charge in [-0.25, -0.2) is 0 Å². The predicted octanol–water partition coefficient (Wildman–Crippen LogP) is 2.46. The quantitative estimate of drug-likeness (QED) is 0.781. The summed E-state index contributed by atoms with van der Waals surface area (Å²) in [7, 11) is 0. The van der Waals surface area contributed by atoms with Crippen molar-refractivity contribution in [3.8, 4) is 0 Å². The molecule has 1 fully saturated rings. The summed E-state index contributed by atoms with van der Waals surface area (Å²) in [5, 5.41) is 3.42. The smallest absolute Gasteiger partial charge is 0.129 e. The zero-order valence-corrected chi connectivity index (χ0v) is 9.45. The molecule has 3 heteroatoms. The third-order valence-corrected chi connectivity index (χ3v) is 2.42.